The summed E-state index contributed by atoms with van der Waals surface area (Å²) in [4.78, 5) is 29.0. The predicted molar refractivity (Wildman–Crippen MR) is 125 cm³/mol. The number of nitriles is 1. The highest BCUT2D eigenvalue weighted by Crippen LogP contribution is 2.30. The number of piperazine rings is 1. The molecular weight excluding hydrogens is 443 g/mol. The number of carbonyl (C=O) groups is 2. The Bertz CT molecular complexity index is 1230. The minimum absolute atomic E-state index is 0.00874. The van der Waals surface area contributed by atoms with E-state index in [-0.39, 0.29) is 17.0 Å². The minimum Gasteiger partial charge on any atom is -0.367 e. The van der Waals surface area contributed by atoms with Gasteiger partial charge in [-0.1, -0.05) is 29.8 Å². The molecule has 1 aliphatic heterocycles. The van der Waals surface area contributed by atoms with Gasteiger partial charge in [0.1, 0.15) is 5.82 Å². The van der Waals surface area contributed by atoms with Gasteiger partial charge in [0.05, 0.1) is 27.9 Å². The standard InChI is InChI=1S/C25H20ClFN4O2/c26-21-15-19(29-24(32)20-8-6-17(16-28)14-22(20)27)7-9-23(21)30-10-12-31(13-11-30)25(33)18-4-2-1-3-5-18/h1-9,14-15H,10-13H2,(H,29,32). The van der Waals surface area contributed by atoms with Crippen molar-refractivity contribution in [1.29, 1.82) is 5.26 Å². The first-order valence-corrected chi connectivity index (χ1v) is 10.7. The molecule has 8 heteroatoms. The van der Waals surface area contributed by atoms with E-state index in [1.54, 1.807) is 18.2 Å². The van der Waals surface area contributed by atoms with Crippen LogP contribution in [0.25, 0.3) is 0 Å². The molecule has 0 bridgehead atoms. The minimum atomic E-state index is -0.766. The van der Waals surface area contributed by atoms with Gasteiger partial charge < -0.3 is 15.1 Å². The van der Waals surface area contributed by atoms with Crippen LogP contribution in [0.3, 0.4) is 0 Å². The molecule has 0 saturated carbocycles. The van der Waals surface area contributed by atoms with Crippen molar-refractivity contribution < 1.29 is 14.0 Å². The Balaban J connectivity index is 1.40. The fourth-order valence-electron chi connectivity index (χ4n) is 3.72. The van der Waals surface area contributed by atoms with E-state index in [1.807, 2.05) is 41.3 Å². The van der Waals surface area contributed by atoms with Crippen molar-refractivity contribution in [3.8, 4) is 6.07 Å². The normalized spacial score (nSPS) is 13.4. The number of nitrogens with zero attached hydrogens (tertiary/aromatic N) is 3. The molecular formula is C25H20ClFN4O2. The Kier molecular flexibility index (Phi) is 6.57. The van der Waals surface area contributed by atoms with Gasteiger partial charge in [0.15, 0.2) is 0 Å². The van der Waals surface area contributed by atoms with Crippen LogP contribution in [0.5, 0.6) is 0 Å². The Labute approximate surface area is 195 Å². The van der Waals surface area contributed by atoms with Crippen molar-refractivity contribution in [2.24, 2.45) is 0 Å². The Morgan fingerprint density at radius 1 is 0.970 bits per heavy atom. The smallest absolute Gasteiger partial charge is 0.258 e. The highest BCUT2D eigenvalue weighted by Gasteiger charge is 2.23. The van der Waals surface area contributed by atoms with E-state index in [9.17, 15) is 14.0 Å². The van der Waals surface area contributed by atoms with Crippen molar-refractivity contribution in [2.45, 2.75) is 0 Å². The van der Waals surface area contributed by atoms with E-state index in [1.165, 1.54) is 12.1 Å². The van der Waals surface area contributed by atoms with E-state index in [0.717, 1.165) is 11.8 Å². The third-order valence-electron chi connectivity index (χ3n) is 5.48. The van der Waals surface area contributed by atoms with Crippen LogP contribution < -0.4 is 10.2 Å². The number of rotatable bonds is 4. The summed E-state index contributed by atoms with van der Waals surface area (Å²) in [6.45, 7) is 2.39. The number of anilines is 2. The summed E-state index contributed by atoms with van der Waals surface area (Å²) in [5, 5.41) is 11.9. The molecule has 3 aromatic carbocycles. The van der Waals surface area contributed by atoms with Gasteiger partial charge in [-0.3, -0.25) is 9.59 Å². The van der Waals surface area contributed by atoms with Gasteiger partial charge in [0, 0.05) is 37.4 Å². The molecule has 4 rings (SSSR count). The number of carbonyl (C=O) groups excluding carboxylic acids is 2. The van der Waals surface area contributed by atoms with Crippen LogP contribution in [0.2, 0.25) is 5.02 Å². The number of amides is 2. The summed E-state index contributed by atoms with van der Waals surface area (Å²) in [6.07, 6.45) is 0. The summed E-state index contributed by atoms with van der Waals surface area (Å²) < 4.78 is 14.1. The molecule has 3 aromatic rings. The first kappa shape index (κ1) is 22.3. The molecule has 0 aliphatic carbocycles. The number of hydrogen-bond acceptors (Lipinski definition) is 4. The molecule has 2 amide bonds. The maximum atomic E-state index is 14.1. The number of hydrogen-bond donors (Lipinski definition) is 1. The first-order valence-electron chi connectivity index (χ1n) is 10.4. The molecule has 1 N–H and O–H groups in total. The summed E-state index contributed by atoms with van der Waals surface area (Å²) >= 11 is 6.47. The first-order chi connectivity index (χ1) is 16.0. The maximum Gasteiger partial charge on any atom is 0.258 e. The fraction of sp³-hybridized carbons (Fsp3) is 0.160. The quantitative estimate of drug-likeness (QED) is 0.616. The second-order valence-corrected chi connectivity index (χ2v) is 7.98. The zero-order chi connectivity index (χ0) is 23.4. The van der Waals surface area contributed by atoms with Gasteiger partial charge in [-0.05, 0) is 48.5 Å². The molecule has 0 radical (unpaired) electrons. The van der Waals surface area contributed by atoms with Crippen molar-refractivity contribution in [2.75, 3.05) is 36.4 Å². The van der Waals surface area contributed by atoms with Crippen LogP contribution in [-0.2, 0) is 0 Å². The van der Waals surface area contributed by atoms with Crippen LogP contribution in [0.4, 0.5) is 15.8 Å². The summed E-state index contributed by atoms with van der Waals surface area (Å²) in [5.74, 6) is -1.39. The molecule has 6 nitrogen and oxygen atoms in total. The lowest BCUT2D eigenvalue weighted by molar-refractivity contribution is 0.0746. The van der Waals surface area contributed by atoms with Gasteiger partial charge in [0.25, 0.3) is 11.8 Å². The van der Waals surface area contributed by atoms with Gasteiger partial charge >= 0.3 is 0 Å². The zero-order valence-corrected chi connectivity index (χ0v) is 18.3. The largest absolute Gasteiger partial charge is 0.367 e. The van der Waals surface area contributed by atoms with E-state index in [2.05, 4.69) is 10.2 Å². The highest BCUT2D eigenvalue weighted by atomic mass is 35.5. The van der Waals surface area contributed by atoms with Crippen LogP contribution in [0.1, 0.15) is 26.3 Å². The molecule has 0 aromatic heterocycles. The van der Waals surface area contributed by atoms with E-state index < -0.39 is 11.7 Å². The van der Waals surface area contributed by atoms with Crippen molar-refractivity contribution in [1.82, 2.24) is 4.90 Å². The topological polar surface area (TPSA) is 76.4 Å². The van der Waals surface area contributed by atoms with Gasteiger partial charge in [-0.15, -0.1) is 0 Å². The summed E-state index contributed by atoms with van der Waals surface area (Å²) in [6, 6.07) is 19.8. The summed E-state index contributed by atoms with van der Waals surface area (Å²) in [7, 11) is 0. The fourth-order valence-corrected chi connectivity index (χ4v) is 4.02. The van der Waals surface area contributed by atoms with E-state index >= 15 is 0 Å². The van der Waals surface area contributed by atoms with Crippen molar-refractivity contribution >= 4 is 34.8 Å². The Morgan fingerprint density at radius 2 is 1.70 bits per heavy atom. The van der Waals surface area contributed by atoms with Crippen LogP contribution >= 0.6 is 11.6 Å². The lowest BCUT2D eigenvalue weighted by Crippen LogP contribution is -2.48. The van der Waals surface area contributed by atoms with Gasteiger partial charge in [-0.2, -0.15) is 5.26 Å². The lowest BCUT2D eigenvalue weighted by Gasteiger charge is -2.36. The van der Waals surface area contributed by atoms with E-state index in [4.69, 9.17) is 16.9 Å². The monoisotopic (exact) mass is 462 g/mol. The molecule has 1 heterocycles. The second kappa shape index (κ2) is 9.72. The van der Waals surface area contributed by atoms with Crippen LogP contribution in [0.15, 0.2) is 66.7 Å². The van der Waals surface area contributed by atoms with Gasteiger partial charge in [-0.25, -0.2) is 4.39 Å². The second-order valence-electron chi connectivity index (χ2n) is 7.57. The average molecular weight is 463 g/mol. The maximum absolute atomic E-state index is 14.1. The molecule has 1 saturated heterocycles. The number of benzene rings is 3. The Morgan fingerprint density at radius 3 is 2.33 bits per heavy atom. The van der Waals surface area contributed by atoms with Crippen LogP contribution in [-0.4, -0.2) is 42.9 Å². The highest BCUT2D eigenvalue weighted by molar-refractivity contribution is 6.33. The molecule has 33 heavy (non-hydrogen) atoms. The molecule has 0 spiro atoms. The molecule has 1 aliphatic rings. The third-order valence-corrected chi connectivity index (χ3v) is 5.78. The van der Waals surface area contributed by atoms with Crippen molar-refractivity contribution in [3.63, 3.8) is 0 Å². The Hall–Kier alpha value is -3.89. The number of nitrogens with one attached hydrogen (secondary N) is 1. The molecule has 0 atom stereocenters. The predicted octanol–water partition coefficient (Wildman–Crippen LogP) is 4.57. The molecule has 0 unspecified atom stereocenters. The average Bonchev–Trinajstić information content (AvgIpc) is 2.84. The number of halogens is 2. The van der Waals surface area contributed by atoms with E-state index in [0.29, 0.717) is 42.5 Å². The lowest BCUT2D eigenvalue weighted by atomic mass is 10.1. The molecule has 166 valence electrons. The van der Waals surface area contributed by atoms with Crippen molar-refractivity contribution in [3.05, 3.63) is 94.3 Å². The van der Waals surface area contributed by atoms with Crippen LogP contribution in [0, 0.1) is 17.1 Å². The van der Waals surface area contributed by atoms with Gasteiger partial charge in [0.2, 0.25) is 0 Å². The molecule has 1 fully saturated rings. The third kappa shape index (κ3) is 4.97. The SMILES string of the molecule is N#Cc1ccc(C(=O)Nc2ccc(N3CCN(C(=O)c4ccccc4)CC3)c(Cl)c2)c(F)c1. The zero-order valence-electron chi connectivity index (χ0n) is 17.6. The summed E-state index contributed by atoms with van der Waals surface area (Å²) in [5.41, 5.74) is 1.87.